The fourth-order valence-corrected chi connectivity index (χ4v) is 4.83. The summed E-state index contributed by atoms with van der Waals surface area (Å²) in [5.41, 5.74) is -1.59. The molecular formula is C25H27F3N4O3. The molecule has 2 aliphatic heterocycles. The fraction of sp³-hybridized carbons (Fsp3) is 0.440. The maximum atomic E-state index is 13.4. The highest BCUT2D eigenvalue weighted by Crippen LogP contribution is 2.42. The maximum absolute atomic E-state index is 13.4. The van der Waals surface area contributed by atoms with Crippen LogP contribution in [0.5, 0.6) is 0 Å². The van der Waals surface area contributed by atoms with Crippen molar-refractivity contribution in [2.75, 3.05) is 32.7 Å². The molecule has 0 aliphatic carbocycles. The normalized spacial score (nSPS) is 21.6. The third kappa shape index (κ3) is 5.07. The number of likely N-dealkylation sites (N-methyl/N-ethyl adjacent to an activating group) is 1. The molecule has 4 rings (SSSR count). The van der Waals surface area contributed by atoms with E-state index in [-0.39, 0.29) is 30.9 Å². The van der Waals surface area contributed by atoms with Crippen LogP contribution in [-0.4, -0.2) is 70.1 Å². The summed E-state index contributed by atoms with van der Waals surface area (Å²) >= 11 is 0. The lowest BCUT2D eigenvalue weighted by atomic mass is 9.75. The zero-order valence-corrected chi connectivity index (χ0v) is 19.4. The largest absolute Gasteiger partial charge is 0.416 e. The number of aromatic nitrogens is 1. The first-order valence-electron chi connectivity index (χ1n) is 11.6. The number of amides is 3. The zero-order valence-electron chi connectivity index (χ0n) is 19.4. The van der Waals surface area contributed by atoms with Crippen LogP contribution < -0.4 is 0 Å². The first kappa shape index (κ1) is 24.8. The number of carbonyl (C=O) groups excluding carboxylic acids is 3. The molecule has 0 spiro atoms. The van der Waals surface area contributed by atoms with E-state index in [2.05, 4.69) is 9.88 Å². The van der Waals surface area contributed by atoms with Crippen LogP contribution in [0.1, 0.15) is 36.6 Å². The Balaban J connectivity index is 1.53. The van der Waals surface area contributed by atoms with Gasteiger partial charge in [0.05, 0.1) is 16.7 Å². The van der Waals surface area contributed by atoms with Crippen LogP contribution >= 0.6 is 0 Å². The van der Waals surface area contributed by atoms with Gasteiger partial charge in [0.15, 0.2) is 0 Å². The Morgan fingerprint density at radius 1 is 1.06 bits per heavy atom. The van der Waals surface area contributed by atoms with Crippen LogP contribution in [-0.2, 0) is 32.5 Å². The number of hydrogen-bond donors (Lipinski definition) is 0. The predicted octanol–water partition coefficient (Wildman–Crippen LogP) is 2.85. The fourth-order valence-electron chi connectivity index (χ4n) is 4.83. The first-order valence-corrected chi connectivity index (χ1v) is 11.6. The number of benzene rings is 1. The van der Waals surface area contributed by atoms with Gasteiger partial charge in [-0.05, 0) is 30.7 Å². The van der Waals surface area contributed by atoms with E-state index < -0.39 is 29.0 Å². The average Bonchev–Trinajstić information content (AvgIpc) is 3.09. The number of imide groups is 1. The van der Waals surface area contributed by atoms with Crippen LogP contribution in [0.2, 0.25) is 0 Å². The van der Waals surface area contributed by atoms with E-state index in [1.807, 2.05) is 18.2 Å². The minimum Gasteiger partial charge on any atom is -0.340 e. The zero-order chi connectivity index (χ0) is 25.2. The summed E-state index contributed by atoms with van der Waals surface area (Å²) < 4.78 is 40.2. The summed E-state index contributed by atoms with van der Waals surface area (Å²) in [7, 11) is 0. The highest BCUT2D eigenvalue weighted by molar-refractivity contribution is 6.10. The van der Waals surface area contributed by atoms with Crippen molar-refractivity contribution in [3.8, 4) is 0 Å². The summed E-state index contributed by atoms with van der Waals surface area (Å²) in [4.78, 5) is 48.4. The average molecular weight is 489 g/mol. The van der Waals surface area contributed by atoms with Crippen molar-refractivity contribution in [1.29, 1.82) is 0 Å². The summed E-state index contributed by atoms with van der Waals surface area (Å²) in [6, 6.07) is 10.1. The van der Waals surface area contributed by atoms with Crippen molar-refractivity contribution >= 4 is 17.7 Å². The number of nitrogens with zero attached hydrogens (tertiary/aromatic N) is 4. The molecule has 7 nitrogen and oxygen atoms in total. The van der Waals surface area contributed by atoms with Crippen LogP contribution in [0.25, 0.3) is 0 Å². The molecule has 2 aliphatic rings. The van der Waals surface area contributed by atoms with Crippen molar-refractivity contribution in [2.45, 2.75) is 37.9 Å². The van der Waals surface area contributed by atoms with E-state index in [4.69, 9.17) is 0 Å². The summed E-state index contributed by atoms with van der Waals surface area (Å²) in [6.45, 7) is 4.42. The molecule has 1 aromatic heterocycles. The number of hydrogen-bond acceptors (Lipinski definition) is 5. The van der Waals surface area contributed by atoms with Gasteiger partial charge in [0.25, 0.3) is 0 Å². The molecule has 2 fully saturated rings. The molecule has 186 valence electrons. The lowest BCUT2D eigenvalue weighted by molar-refractivity contribution is -0.143. The van der Waals surface area contributed by atoms with Crippen molar-refractivity contribution in [3.63, 3.8) is 0 Å². The highest BCUT2D eigenvalue weighted by atomic mass is 19.4. The number of pyridine rings is 1. The van der Waals surface area contributed by atoms with E-state index in [1.165, 1.54) is 12.1 Å². The van der Waals surface area contributed by atoms with Crippen molar-refractivity contribution in [3.05, 3.63) is 65.5 Å². The third-order valence-electron chi connectivity index (χ3n) is 6.76. The van der Waals surface area contributed by atoms with Gasteiger partial charge in [-0.2, -0.15) is 13.2 Å². The smallest absolute Gasteiger partial charge is 0.340 e. The van der Waals surface area contributed by atoms with Gasteiger partial charge in [0.1, 0.15) is 0 Å². The second kappa shape index (κ2) is 9.77. The molecule has 2 saturated heterocycles. The molecular weight excluding hydrogens is 461 g/mol. The van der Waals surface area contributed by atoms with E-state index in [1.54, 1.807) is 18.0 Å². The van der Waals surface area contributed by atoms with Crippen molar-refractivity contribution in [2.24, 2.45) is 0 Å². The monoisotopic (exact) mass is 488 g/mol. The molecule has 1 unspecified atom stereocenters. The molecule has 0 saturated carbocycles. The summed E-state index contributed by atoms with van der Waals surface area (Å²) in [5.74, 6) is -1.45. The number of carbonyl (C=O) groups is 3. The van der Waals surface area contributed by atoms with Gasteiger partial charge in [0.2, 0.25) is 17.7 Å². The van der Waals surface area contributed by atoms with Gasteiger partial charge in [-0.15, -0.1) is 0 Å². The second-order valence-electron chi connectivity index (χ2n) is 8.94. The minimum absolute atomic E-state index is 0.0452. The van der Waals surface area contributed by atoms with Crippen LogP contribution in [0.15, 0.2) is 48.7 Å². The Kier molecular flexibility index (Phi) is 6.93. The molecule has 3 amide bonds. The van der Waals surface area contributed by atoms with E-state index in [9.17, 15) is 27.6 Å². The van der Waals surface area contributed by atoms with Gasteiger partial charge in [-0.3, -0.25) is 29.2 Å². The number of piperazine rings is 1. The Hall–Kier alpha value is -3.27. The Morgan fingerprint density at radius 2 is 1.80 bits per heavy atom. The number of rotatable bonds is 6. The summed E-state index contributed by atoms with van der Waals surface area (Å²) in [5, 5.41) is 0. The number of halogens is 3. The standard InChI is InChI=1S/C25H27F3N4O3/c1-2-32-22(34)16-24(23(32)35,18-6-5-7-19(14-18)25(26,27)28)15-21(33)31-12-10-30(11-13-31)17-20-8-3-4-9-29-20/h3-9,14H,2,10-13,15-17H2,1H3. The number of alkyl halides is 3. The Bertz CT molecular complexity index is 1100. The molecule has 35 heavy (non-hydrogen) atoms. The van der Waals surface area contributed by atoms with Crippen molar-refractivity contribution < 1.29 is 27.6 Å². The van der Waals surface area contributed by atoms with Gasteiger partial charge < -0.3 is 4.90 Å². The quantitative estimate of drug-likeness (QED) is 0.585. The van der Waals surface area contributed by atoms with Gasteiger partial charge in [0, 0.05) is 58.3 Å². The predicted molar refractivity (Wildman–Crippen MR) is 121 cm³/mol. The van der Waals surface area contributed by atoms with Crippen molar-refractivity contribution in [1.82, 2.24) is 19.7 Å². The molecule has 2 aromatic rings. The van der Waals surface area contributed by atoms with E-state index in [0.29, 0.717) is 32.7 Å². The Labute approximate surface area is 201 Å². The van der Waals surface area contributed by atoms with E-state index >= 15 is 0 Å². The van der Waals surface area contributed by atoms with Crippen LogP contribution in [0.4, 0.5) is 13.2 Å². The molecule has 0 radical (unpaired) electrons. The molecule has 10 heteroatoms. The van der Waals surface area contributed by atoms with Gasteiger partial charge in [-0.1, -0.05) is 24.3 Å². The molecule has 3 heterocycles. The third-order valence-corrected chi connectivity index (χ3v) is 6.76. The maximum Gasteiger partial charge on any atom is 0.416 e. The first-order chi connectivity index (χ1) is 16.6. The topological polar surface area (TPSA) is 73.8 Å². The van der Waals surface area contributed by atoms with Crippen LogP contribution in [0.3, 0.4) is 0 Å². The minimum atomic E-state index is -4.61. The van der Waals surface area contributed by atoms with Gasteiger partial charge in [-0.25, -0.2) is 0 Å². The number of likely N-dealkylation sites (tertiary alicyclic amines) is 1. The highest BCUT2D eigenvalue weighted by Gasteiger charge is 2.54. The lowest BCUT2D eigenvalue weighted by Crippen LogP contribution is -2.50. The molecule has 1 aromatic carbocycles. The summed E-state index contributed by atoms with van der Waals surface area (Å²) in [6.07, 6.45) is -3.56. The molecule has 0 bridgehead atoms. The SMILES string of the molecule is CCN1C(=O)CC(CC(=O)N2CCN(Cc3ccccn3)CC2)(c2cccc(C(F)(F)F)c2)C1=O. The second-order valence-corrected chi connectivity index (χ2v) is 8.94. The van der Waals surface area contributed by atoms with Crippen LogP contribution in [0, 0.1) is 0 Å². The molecule has 1 atom stereocenters. The molecule has 0 N–H and O–H groups in total. The van der Waals surface area contributed by atoms with Gasteiger partial charge >= 0.3 is 6.18 Å². The lowest BCUT2D eigenvalue weighted by Gasteiger charge is -2.36. The Morgan fingerprint density at radius 3 is 2.40 bits per heavy atom. The van der Waals surface area contributed by atoms with E-state index in [0.717, 1.165) is 22.7 Å².